The highest BCUT2D eigenvalue weighted by Gasteiger charge is 2.21. The van der Waals surface area contributed by atoms with Crippen molar-refractivity contribution in [2.24, 2.45) is 0 Å². The lowest BCUT2D eigenvalue weighted by Gasteiger charge is -2.13. The van der Waals surface area contributed by atoms with Gasteiger partial charge >= 0.3 is 0 Å². The third-order valence-electron chi connectivity index (χ3n) is 13.6. The summed E-state index contributed by atoms with van der Waals surface area (Å²) >= 11 is 0. The van der Waals surface area contributed by atoms with Crippen LogP contribution in [0.1, 0.15) is 18.2 Å². The third-order valence-corrected chi connectivity index (χ3v) is 13.6. The summed E-state index contributed by atoms with van der Waals surface area (Å²) < 4.78 is 7.02. The van der Waals surface area contributed by atoms with Crippen LogP contribution < -0.4 is 0 Å². The maximum absolute atomic E-state index is 5.18. The summed E-state index contributed by atoms with van der Waals surface area (Å²) in [4.78, 5) is 14.9. The third kappa shape index (κ3) is 6.68. The van der Waals surface area contributed by atoms with Gasteiger partial charge in [0.25, 0.3) is 0 Å². The summed E-state index contributed by atoms with van der Waals surface area (Å²) in [5.74, 6) is 0. The van der Waals surface area contributed by atoms with Gasteiger partial charge in [0.05, 0.1) is 55.9 Å². The molecule has 0 saturated heterocycles. The molecule has 330 valence electrons. The Hall–Kier alpha value is -9.39. The summed E-state index contributed by atoms with van der Waals surface area (Å²) in [6, 6.07) is 71.2. The van der Waals surface area contributed by atoms with E-state index in [1.807, 2.05) is 42.9 Å². The van der Waals surface area contributed by atoms with E-state index in [2.05, 4.69) is 221 Å². The maximum atomic E-state index is 5.18. The molecule has 0 aliphatic carbocycles. The van der Waals surface area contributed by atoms with E-state index >= 15 is 0 Å². The molecule has 6 heteroatoms. The van der Waals surface area contributed by atoms with Crippen LogP contribution in [-0.4, -0.2) is 28.7 Å². The molecule has 0 atom stereocenters. The second-order valence-corrected chi connectivity index (χ2v) is 17.7. The standard InChI is InChI=1S/C64H44N6/c1-3-17-58-51(4-2)53-35-44(27-30-60(53)69(58)49-29-32-62-55(37-49)64-63(26-16-33-66-64)68(62)48-22-12-7-13-23-48)46-34-47(41-65-40-46)45-28-31-61-54(36-45)52-24-14-15-25-59(52)70(61)50-38-56(42-18-8-5-9-19-42)67-57(39-50)43-20-10-6-11-21-43/h3-41H,2H2,1H3/b17-3-. The molecular weight excluding hydrogens is 853 g/mol. The van der Waals surface area contributed by atoms with Crippen LogP contribution in [0.4, 0.5) is 0 Å². The van der Waals surface area contributed by atoms with Crippen molar-refractivity contribution in [3.8, 4) is 61.8 Å². The lowest BCUT2D eigenvalue weighted by atomic mass is 9.99. The molecule has 0 fully saturated rings. The van der Waals surface area contributed by atoms with Crippen molar-refractivity contribution in [2.45, 2.75) is 6.92 Å². The molecule has 0 amide bonds. The number of aromatic nitrogens is 6. The van der Waals surface area contributed by atoms with Gasteiger partial charge in [-0.25, -0.2) is 4.98 Å². The van der Waals surface area contributed by atoms with Crippen LogP contribution in [0.3, 0.4) is 0 Å². The first-order valence-electron chi connectivity index (χ1n) is 23.6. The fraction of sp³-hybridized carbons (Fsp3) is 0.0156. The van der Waals surface area contributed by atoms with Crippen LogP contribution in [0, 0.1) is 0 Å². The molecule has 0 bridgehead atoms. The Labute approximate surface area is 405 Å². The first-order valence-corrected chi connectivity index (χ1v) is 23.6. The van der Waals surface area contributed by atoms with Gasteiger partial charge in [0.15, 0.2) is 0 Å². The minimum Gasteiger partial charge on any atom is -0.309 e. The molecule has 13 aromatic rings. The number of allylic oxidation sites excluding steroid dienone is 1. The topological polar surface area (TPSA) is 53.5 Å². The van der Waals surface area contributed by atoms with Gasteiger partial charge in [0, 0.05) is 79.3 Å². The largest absolute Gasteiger partial charge is 0.309 e. The van der Waals surface area contributed by atoms with E-state index in [1.54, 1.807) is 0 Å². The van der Waals surface area contributed by atoms with Gasteiger partial charge in [-0.3, -0.25) is 9.97 Å². The van der Waals surface area contributed by atoms with Gasteiger partial charge in [-0.05, 0) is 115 Å². The molecule has 7 aromatic carbocycles. The number of nitrogens with zero attached hydrogens (tertiary/aromatic N) is 6. The van der Waals surface area contributed by atoms with E-state index in [0.29, 0.717) is 0 Å². The predicted octanol–water partition coefficient (Wildman–Crippen LogP) is 16.4. The molecule has 0 aliphatic rings. The number of benzene rings is 7. The van der Waals surface area contributed by atoms with Crippen molar-refractivity contribution in [3.63, 3.8) is 0 Å². The van der Waals surface area contributed by atoms with Crippen LogP contribution in [0.5, 0.6) is 0 Å². The normalized spacial score (nSPS) is 11.8. The minimum atomic E-state index is 0.929. The molecule has 6 nitrogen and oxygen atoms in total. The monoisotopic (exact) mass is 896 g/mol. The molecule has 0 unspecified atom stereocenters. The molecular formula is C64H44N6. The molecule has 0 radical (unpaired) electrons. The molecule has 0 spiro atoms. The zero-order valence-corrected chi connectivity index (χ0v) is 38.4. The van der Waals surface area contributed by atoms with Gasteiger partial charge in [-0.1, -0.05) is 128 Å². The zero-order valence-electron chi connectivity index (χ0n) is 38.4. The van der Waals surface area contributed by atoms with E-state index in [9.17, 15) is 0 Å². The average Bonchev–Trinajstić information content (AvgIpc) is 4.06. The van der Waals surface area contributed by atoms with Gasteiger partial charge in [-0.15, -0.1) is 0 Å². The van der Waals surface area contributed by atoms with E-state index < -0.39 is 0 Å². The molecule has 70 heavy (non-hydrogen) atoms. The lowest BCUT2D eigenvalue weighted by Crippen LogP contribution is -1.98. The van der Waals surface area contributed by atoms with Crippen LogP contribution >= 0.6 is 0 Å². The fourth-order valence-electron chi connectivity index (χ4n) is 10.5. The van der Waals surface area contributed by atoms with Crippen LogP contribution in [0.25, 0.3) is 129 Å². The first-order chi connectivity index (χ1) is 34.6. The molecule has 6 heterocycles. The van der Waals surface area contributed by atoms with Gasteiger partial charge < -0.3 is 13.7 Å². The minimum absolute atomic E-state index is 0.929. The Morgan fingerprint density at radius 3 is 1.67 bits per heavy atom. The van der Waals surface area contributed by atoms with Crippen molar-refractivity contribution in [2.75, 3.05) is 0 Å². The Morgan fingerprint density at radius 2 is 0.986 bits per heavy atom. The summed E-state index contributed by atoms with van der Waals surface area (Å²) in [5, 5.41) is 4.57. The molecule has 0 saturated carbocycles. The van der Waals surface area contributed by atoms with E-state index in [4.69, 9.17) is 15.0 Å². The molecule has 0 aliphatic heterocycles. The second kappa shape index (κ2) is 16.7. The highest BCUT2D eigenvalue weighted by atomic mass is 15.0. The highest BCUT2D eigenvalue weighted by Crippen LogP contribution is 2.40. The average molecular weight is 897 g/mol. The van der Waals surface area contributed by atoms with Gasteiger partial charge in [-0.2, -0.15) is 0 Å². The van der Waals surface area contributed by atoms with Crippen molar-refractivity contribution in [1.82, 2.24) is 28.7 Å². The van der Waals surface area contributed by atoms with Crippen molar-refractivity contribution in [3.05, 3.63) is 243 Å². The Morgan fingerprint density at radius 1 is 0.414 bits per heavy atom. The summed E-state index contributed by atoms with van der Waals surface area (Å²) in [5.41, 5.74) is 20.2. The van der Waals surface area contributed by atoms with Gasteiger partial charge in [0.2, 0.25) is 0 Å². The van der Waals surface area contributed by atoms with E-state index in [1.165, 1.54) is 10.8 Å². The molecule has 6 aromatic heterocycles. The Kier molecular flexibility index (Phi) is 9.77. The quantitative estimate of drug-likeness (QED) is 0.145. The summed E-state index contributed by atoms with van der Waals surface area (Å²) in [6.45, 7) is 6.41. The summed E-state index contributed by atoms with van der Waals surface area (Å²) in [7, 11) is 0. The highest BCUT2D eigenvalue weighted by molar-refractivity contribution is 6.11. The SMILES string of the molecule is C=Cc1c(/C=C\C)n(-c2ccc3c(c2)c2ncccc2n3-c2ccccc2)c2ccc(-c3cncc(-c4ccc5c(c4)c4ccccc4n5-c4cc(-c5ccccc5)nc(-c5ccccc5)c4)c3)cc12. The number of pyridine rings is 3. The number of hydrogen-bond donors (Lipinski definition) is 0. The van der Waals surface area contributed by atoms with Gasteiger partial charge in [0.1, 0.15) is 0 Å². The maximum Gasteiger partial charge on any atom is 0.0964 e. The Balaban J connectivity index is 0.914. The summed E-state index contributed by atoms with van der Waals surface area (Å²) in [6.07, 6.45) is 12.1. The first kappa shape index (κ1) is 40.8. The number of hydrogen-bond acceptors (Lipinski definition) is 3. The fourth-order valence-corrected chi connectivity index (χ4v) is 10.5. The van der Waals surface area contributed by atoms with Crippen molar-refractivity contribution < 1.29 is 0 Å². The molecule has 0 N–H and O–H groups in total. The van der Waals surface area contributed by atoms with Crippen LogP contribution in [0.15, 0.2) is 231 Å². The van der Waals surface area contributed by atoms with Crippen LogP contribution in [0.2, 0.25) is 0 Å². The number of para-hydroxylation sites is 2. The Bertz CT molecular complexity index is 4140. The zero-order chi connectivity index (χ0) is 46.7. The lowest BCUT2D eigenvalue weighted by molar-refractivity contribution is 1.11. The van der Waals surface area contributed by atoms with Crippen LogP contribution in [-0.2, 0) is 0 Å². The van der Waals surface area contributed by atoms with Crippen molar-refractivity contribution in [1.29, 1.82) is 0 Å². The second-order valence-electron chi connectivity index (χ2n) is 17.7. The van der Waals surface area contributed by atoms with E-state index in [0.717, 1.165) is 117 Å². The van der Waals surface area contributed by atoms with Crippen molar-refractivity contribution >= 4 is 66.8 Å². The smallest absolute Gasteiger partial charge is 0.0964 e. The number of fused-ring (bicyclic) bond motifs is 7. The molecule has 13 rings (SSSR count). The van der Waals surface area contributed by atoms with E-state index in [-0.39, 0.29) is 0 Å². The number of rotatable bonds is 9. The predicted molar refractivity (Wildman–Crippen MR) is 292 cm³/mol.